The summed E-state index contributed by atoms with van der Waals surface area (Å²) < 4.78 is 0. The fraction of sp³-hybridized carbons (Fsp3) is 0.625. The van der Waals surface area contributed by atoms with Gasteiger partial charge in [-0.25, -0.2) is 0 Å². The van der Waals surface area contributed by atoms with Crippen molar-refractivity contribution < 1.29 is 0 Å². The Kier molecular flexibility index (Phi) is 3.96. The summed E-state index contributed by atoms with van der Waals surface area (Å²) >= 11 is 0. The van der Waals surface area contributed by atoms with Gasteiger partial charge in [-0.2, -0.15) is 0 Å². The van der Waals surface area contributed by atoms with Gasteiger partial charge in [0.25, 0.3) is 0 Å². The van der Waals surface area contributed by atoms with Crippen LogP contribution in [0.5, 0.6) is 0 Å². The molecule has 0 aliphatic carbocycles. The van der Waals surface area contributed by atoms with E-state index in [9.17, 15) is 0 Å². The molecule has 1 aliphatic heterocycles. The molecule has 1 atom stereocenters. The second-order valence-corrected chi connectivity index (χ2v) is 5.74. The van der Waals surface area contributed by atoms with Gasteiger partial charge in [-0.1, -0.05) is 6.07 Å². The fourth-order valence-corrected chi connectivity index (χ4v) is 2.89. The number of benzene rings is 1. The van der Waals surface area contributed by atoms with Crippen LogP contribution in [0.25, 0.3) is 0 Å². The molecule has 2 nitrogen and oxygen atoms in total. The molecule has 0 bridgehead atoms. The Morgan fingerprint density at radius 3 is 2.44 bits per heavy atom. The van der Waals surface area contributed by atoms with Crippen molar-refractivity contribution in [3.05, 3.63) is 28.8 Å². The van der Waals surface area contributed by atoms with Gasteiger partial charge in [0.05, 0.1) is 6.17 Å². The van der Waals surface area contributed by atoms with Crippen molar-refractivity contribution >= 4 is 5.69 Å². The van der Waals surface area contributed by atoms with Crippen molar-refractivity contribution in [2.45, 2.75) is 46.7 Å². The lowest BCUT2D eigenvalue weighted by atomic mass is 10.0. The first-order valence-corrected chi connectivity index (χ1v) is 7.05. The summed E-state index contributed by atoms with van der Waals surface area (Å²) in [5.41, 5.74) is 5.63. The van der Waals surface area contributed by atoms with Crippen LogP contribution >= 0.6 is 0 Å². The highest BCUT2D eigenvalue weighted by atomic mass is 15.3. The summed E-state index contributed by atoms with van der Waals surface area (Å²) in [5, 5.41) is 0. The number of anilines is 1. The molecule has 1 unspecified atom stereocenters. The largest absolute Gasteiger partial charge is 0.356 e. The summed E-state index contributed by atoms with van der Waals surface area (Å²) in [5.74, 6) is 0. The van der Waals surface area contributed by atoms with Crippen molar-refractivity contribution in [3.8, 4) is 0 Å². The molecule has 0 saturated carbocycles. The van der Waals surface area contributed by atoms with Crippen LogP contribution in [-0.4, -0.2) is 31.2 Å². The highest BCUT2D eigenvalue weighted by Crippen LogP contribution is 2.28. The maximum atomic E-state index is 2.57. The van der Waals surface area contributed by atoms with Crippen molar-refractivity contribution in [1.29, 1.82) is 0 Å². The van der Waals surface area contributed by atoms with Crippen LogP contribution < -0.4 is 4.90 Å². The topological polar surface area (TPSA) is 6.48 Å². The summed E-state index contributed by atoms with van der Waals surface area (Å²) in [7, 11) is 2.24. The number of rotatable bonds is 1. The van der Waals surface area contributed by atoms with Gasteiger partial charge in [0.15, 0.2) is 0 Å². The zero-order valence-electron chi connectivity index (χ0n) is 12.5. The Morgan fingerprint density at radius 1 is 1.06 bits per heavy atom. The Hall–Kier alpha value is -1.02. The third-order valence-corrected chi connectivity index (χ3v) is 4.34. The first-order chi connectivity index (χ1) is 8.50. The predicted molar refractivity (Wildman–Crippen MR) is 79.3 cm³/mol. The molecule has 2 heteroatoms. The SMILES string of the molecule is Cc1cc(C)c(C)c(N2CCCCN(C)C2C)c1. The summed E-state index contributed by atoms with van der Waals surface area (Å²) in [6.07, 6.45) is 3.09. The van der Waals surface area contributed by atoms with E-state index in [1.807, 2.05) is 0 Å². The molecule has 0 radical (unpaired) electrons. The van der Waals surface area contributed by atoms with Crippen LogP contribution in [0.3, 0.4) is 0 Å². The minimum Gasteiger partial charge on any atom is -0.356 e. The van der Waals surface area contributed by atoms with E-state index in [1.165, 1.54) is 48.3 Å². The highest BCUT2D eigenvalue weighted by molar-refractivity contribution is 5.58. The van der Waals surface area contributed by atoms with E-state index in [0.717, 1.165) is 0 Å². The molecular formula is C16H26N2. The van der Waals surface area contributed by atoms with E-state index in [0.29, 0.717) is 6.17 Å². The van der Waals surface area contributed by atoms with Gasteiger partial charge in [-0.05, 0) is 76.9 Å². The summed E-state index contributed by atoms with van der Waals surface area (Å²) in [6.45, 7) is 11.4. The maximum Gasteiger partial charge on any atom is 0.0789 e. The second-order valence-electron chi connectivity index (χ2n) is 5.74. The molecule has 1 aliphatic rings. The lowest BCUT2D eigenvalue weighted by molar-refractivity contribution is 0.267. The number of nitrogens with zero attached hydrogens (tertiary/aromatic N) is 2. The number of aryl methyl sites for hydroxylation is 2. The molecule has 1 fully saturated rings. The zero-order valence-corrected chi connectivity index (χ0v) is 12.5. The highest BCUT2D eigenvalue weighted by Gasteiger charge is 2.22. The fourth-order valence-electron chi connectivity index (χ4n) is 2.89. The third-order valence-electron chi connectivity index (χ3n) is 4.34. The average Bonchev–Trinajstić information content (AvgIpc) is 2.48. The lowest BCUT2D eigenvalue weighted by Crippen LogP contribution is -2.43. The normalized spacial score (nSPS) is 22.1. The molecular weight excluding hydrogens is 220 g/mol. The Balaban J connectivity index is 2.40. The monoisotopic (exact) mass is 246 g/mol. The predicted octanol–water partition coefficient (Wildman–Crippen LogP) is 3.49. The zero-order chi connectivity index (χ0) is 13.3. The van der Waals surface area contributed by atoms with E-state index in [1.54, 1.807) is 0 Å². The molecule has 1 saturated heterocycles. The molecule has 0 amide bonds. The van der Waals surface area contributed by atoms with Gasteiger partial charge in [0, 0.05) is 12.2 Å². The third kappa shape index (κ3) is 2.54. The van der Waals surface area contributed by atoms with Crippen molar-refractivity contribution in [2.24, 2.45) is 0 Å². The van der Waals surface area contributed by atoms with Crippen molar-refractivity contribution in [2.75, 3.05) is 25.0 Å². The van der Waals surface area contributed by atoms with E-state index < -0.39 is 0 Å². The van der Waals surface area contributed by atoms with Crippen LogP contribution in [-0.2, 0) is 0 Å². The molecule has 1 aromatic carbocycles. The molecule has 0 N–H and O–H groups in total. The van der Waals surface area contributed by atoms with Gasteiger partial charge in [-0.15, -0.1) is 0 Å². The molecule has 1 heterocycles. The molecule has 1 aromatic rings. The van der Waals surface area contributed by atoms with Crippen molar-refractivity contribution in [1.82, 2.24) is 4.90 Å². The molecule has 18 heavy (non-hydrogen) atoms. The Morgan fingerprint density at radius 2 is 1.72 bits per heavy atom. The standard InChI is InChI=1S/C16H26N2/c1-12-10-13(2)14(3)16(11-12)18-9-7-6-8-17(5)15(18)4/h10-11,15H,6-9H2,1-5H3. The smallest absolute Gasteiger partial charge is 0.0789 e. The maximum absolute atomic E-state index is 2.57. The van der Waals surface area contributed by atoms with Crippen LogP contribution in [0, 0.1) is 20.8 Å². The second kappa shape index (κ2) is 5.31. The summed E-state index contributed by atoms with van der Waals surface area (Å²) in [6, 6.07) is 4.63. The minimum absolute atomic E-state index is 0.493. The van der Waals surface area contributed by atoms with Crippen molar-refractivity contribution in [3.63, 3.8) is 0 Å². The van der Waals surface area contributed by atoms with Gasteiger partial charge < -0.3 is 4.90 Å². The first-order valence-electron chi connectivity index (χ1n) is 7.05. The Labute approximate surface area is 112 Å². The van der Waals surface area contributed by atoms with E-state index in [2.05, 4.69) is 56.7 Å². The van der Waals surface area contributed by atoms with Crippen LogP contribution in [0.1, 0.15) is 36.5 Å². The van der Waals surface area contributed by atoms with Gasteiger partial charge >= 0.3 is 0 Å². The van der Waals surface area contributed by atoms with Gasteiger partial charge in [0.2, 0.25) is 0 Å². The molecule has 2 rings (SSSR count). The van der Waals surface area contributed by atoms with E-state index >= 15 is 0 Å². The van der Waals surface area contributed by atoms with Gasteiger partial charge in [0.1, 0.15) is 0 Å². The van der Waals surface area contributed by atoms with E-state index in [4.69, 9.17) is 0 Å². The number of hydrogen-bond acceptors (Lipinski definition) is 2. The first kappa shape index (κ1) is 13.4. The summed E-state index contributed by atoms with van der Waals surface area (Å²) in [4.78, 5) is 5.03. The van der Waals surface area contributed by atoms with Crippen LogP contribution in [0.4, 0.5) is 5.69 Å². The molecule has 100 valence electrons. The van der Waals surface area contributed by atoms with Crippen LogP contribution in [0.15, 0.2) is 12.1 Å². The number of hydrogen-bond donors (Lipinski definition) is 0. The lowest BCUT2D eigenvalue weighted by Gasteiger charge is -2.36. The Bertz CT molecular complexity index is 425. The minimum atomic E-state index is 0.493. The van der Waals surface area contributed by atoms with Gasteiger partial charge in [-0.3, -0.25) is 4.90 Å². The van der Waals surface area contributed by atoms with Crippen LogP contribution in [0.2, 0.25) is 0 Å². The quantitative estimate of drug-likeness (QED) is 0.748. The average molecular weight is 246 g/mol. The molecule has 0 aromatic heterocycles. The van der Waals surface area contributed by atoms with E-state index in [-0.39, 0.29) is 0 Å². The molecule has 0 spiro atoms.